The van der Waals surface area contributed by atoms with Gasteiger partial charge in [0.1, 0.15) is 0 Å². The summed E-state index contributed by atoms with van der Waals surface area (Å²) < 4.78 is 0. The summed E-state index contributed by atoms with van der Waals surface area (Å²) in [5.41, 5.74) is 2.76. The SMILES string of the molecule is [CH2]CNOC(C)(CC)CC. The second-order valence-electron chi connectivity index (χ2n) is 2.65. The van der Waals surface area contributed by atoms with Gasteiger partial charge in [-0.3, -0.25) is 4.84 Å². The van der Waals surface area contributed by atoms with Gasteiger partial charge in [-0.05, 0) is 26.7 Å². The molecular formula is C8H18NO. The van der Waals surface area contributed by atoms with Crippen LogP contribution in [-0.4, -0.2) is 12.1 Å². The Hall–Kier alpha value is -0.0800. The van der Waals surface area contributed by atoms with Crippen LogP contribution in [0.15, 0.2) is 0 Å². The Morgan fingerprint density at radius 1 is 1.40 bits per heavy atom. The Morgan fingerprint density at radius 3 is 2.20 bits per heavy atom. The zero-order valence-corrected chi connectivity index (χ0v) is 7.24. The quantitative estimate of drug-likeness (QED) is 0.595. The van der Waals surface area contributed by atoms with Gasteiger partial charge in [0.15, 0.2) is 0 Å². The third kappa shape index (κ3) is 3.18. The molecule has 0 spiro atoms. The van der Waals surface area contributed by atoms with E-state index in [0.717, 1.165) is 12.8 Å². The molecule has 10 heavy (non-hydrogen) atoms. The minimum Gasteiger partial charge on any atom is -0.296 e. The molecule has 0 fully saturated rings. The summed E-state index contributed by atoms with van der Waals surface area (Å²) in [6.07, 6.45) is 2.05. The van der Waals surface area contributed by atoms with Gasteiger partial charge in [-0.2, -0.15) is 0 Å². The molecule has 1 radical (unpaired) electrons. The van der Waals surface area contributed by atoms with Gasteiger partial charge in [-0.1, -0.05) is 13.8 Å². The van der Waals surface area contributed by atoms with Crippen LogP contribution in [0.4, 0.5) is 0 Å². The summed E-state index contributed by atoms with van der Waals surface area (Å²) in [4.78, 5) is 5.36. The predicted octanol–water partition coefficient (Wildman–Crippen LogP) is 1.92. The van der Waals surface area contributed by atoms with Crippen molar-refractivity contribution in [3.63, 3.8) is 0 Å². The van der Waals surface area contributed by atoms with Crippen molar-refractivity contribution in [2.24, 2.45) is 0 Å². The summed E-state index contributed by atoms with van der Waals surface area (Å²) in [5.74, 6) is 0. The van der Waals surface area contributed by atoms with Crippen LogP contribution in [0.1, 0.15) is 33.6 Å². The Kier molecular flexibility index (Phi) is 4.65. The van der Waals surface area contributed by atoms with Crippen molar-refractivity contribution in [1.82, 2.24) is 5.48 Å². The summed E-state index contributed by atoms with van der Waals surface area (Å²) in [6.45, 7) is 10.6. The van der Waals surface area contributed by atoms with Crippen molar-refractivity contribution in [2.75, 3.05) is 6.54 Å². The molecule has 0 aliphatic carbocycles. The first-order chi connectivity index (χ1) is 4.68. The highest BCUT2D eigenvalue weighted by molar-refractivity contribution is 4.69. The maximum atomic E-state index is 5.36. The van der Waals surface area contributed by atoms with Crippen LogP contribution in [0.25, 0.3) is 0 Å². The van der Waals surface area contributed by atoms with Crippen LogP contribution in [0.2, 0.25) is 0 Å². The van der Waals surface area contributed by atoms with E-state index < -0.39 is 0 Å². The summed E-state index contributed by atoms with van der Waals surface area (Å²) in [6, 6.07) is 0. The smallest absolute Gasteiger partial charge is 0.0863 e. The highest BCUT2D eigenvalue weighted by Crippen LogP contribution is 2.16. The van der Waals surface area contributed by atoms with Gasteiger partial charge in [0.2, 0.25) is 0 Å². The molecule has 1 N–H and O–H groups in total. The third-order valence-corrected chi connectivity index (χ3v) is 1.92. The molecule has 2 heteroatoms. The molecule has 0 aliphatic rings. The van der Waals surface area contributed by atoms with E-state index in [4.69, 9.17) is 4.84 Å². The zero-order valence-electron chi connectivity index (χ0n) is 7.24. The monoisotopic (exact) mass is 144 g/mol. The van der Waals surface area contributed by atoms with Crippen LogP contribution in [-0.2, 0) is 4.84 Å². The molecule has 0 atom stereocenters. The van der Waals surface area contributed by atoms with Crippen molar-refractivity contribution in [2.45, 2.75) is 39.2 Å². The molecule has 0 heterocycles. The normalized spacial score (nSPS) is 12.0. The molecule has 0 aromatic rings. The molecule has 0 aromatic carbocycles. The molecule has 0 bridgehead atoms. The maximum absolute atomic E-state index is 5.36. The van der Waals surface area contributed by atoms with E-state index in [1.807, 2.05) is 0 Å². The first kappa shape index (κ1) is 9.92. The second kappa shape index (κ2) is 4.69. The highest BCUT2D eigenvalue weighted by atomic mass is 16.7. The van der Waals surface area contributed by atoms with E-state index in [1.54, 1.807) is 0 Å². The molecule has 0 saturated carbocycles. The van der Waals surface area contributed by atoms with Crippen molar-refractivity contribution < 1.29 is 4.84 Å². The van der Waals surface area contributed by atoms with Crippen molar-refractivity contribution in [3.8, 4) is 0 Å². The lowest BCUT2D eigenvalue weighted by Gasteiger charge is -2.26. The Balaban J connectivity index is 3.58. The average Bonchev–Trinajstić information content (AvgIpc) is 2.00. The van der Waals surface area contributed by atoms with E-state index in [2.05, 4.69) is 33.2 Å². The molecule has 0 aliphatic heterocycles. The third-order valence-electron chi connectivity index (χ3n) is 1.92. The molecule has 61 valence electrons. The first-order valence-corrected chi connectivity index (χ1v) is 3.88. The molecular weight excluding hydrogens is 126 g/mol. The minimum absolute atomic E-state index is 0.0162. The van der Waals surface area contributed by atoms with Gasteiger partial charge in [-0.25, -0.2) is 5.48 Å². The number of hydrogen-bond acceptors (Lipinski definition) is 2. The van der Waals surface area contributed by atoms with Crippen LogP contribution in [0, 0.1) is 6.92 Å². The van der Waals surface area contributed by atoms with E-state index in [1.165, 1.54) is 0 Å². The summed E-state index contributed by atoms with van der Waals surface area (Å²) in [5, 5.41) is 0. The summed E-state index contributed by atoms with van der Waals surface area (Å²) in [7, 11) is 0. The van der Waals surface area contributed by atoms with Gasteiger partial charge in [0.05, 0.1) is 5.60 Å². The molecule has 0 amide bonds. The van der Waals surface area contributed by atoms with Gasteiger partial charge < -0.3 is 0 Å². The van der Waals surface area contributed by atoms with Crippen molar-refractivity contribution in [1.29, 1.82) is 0 Å². The van der Waals surface area contributed by atoms with Gasteiger partial charge in [-0.15, -0.1) is 0 Å². The van der Waals surface area contributed by atoms with Crippen molar-refractivity contribution in [3.05, 3.63) is 6.92 Å². The fourth-order valence-electron chi connectivity index (χ4n) is 0.620. The standard InChI is InChI=1S/C8H18NO/c1-5-8(4,6-2)10-9-7-3/h9H,3,5-7H2,1-2,4H3. The average molecular weight is 144 g/mol. The second-order valence-corrected chi connectivity index (χ2v) is 2.65. The number of rotatable bonds is 5. The Labute approximate surface area is 63.9 Å². The van der Waals surface area contributed by atoms with Gasteiger partial charge in [0.25, 0.3) is 0 Å². The van der Waals surface area contributed by atoms with Gasteiger partial charge >= 0.3 is 0 Å². The van der Waals surface area contributed by atoms with Gasteiger partial charge in [0, 0.05) is 6.54 Å². The van der Waals surface area contributed by atoms with Crippen LogP contribution >= 0.6 is 0 Å². The number of hydroxylamine groups is 1. The topological polar surface area (TPSA) is 21.3 Å². The van der Waals surface area contributed by atoms with Crippen molar-refractivity contribution >= 4 is 0 Å². The fraction of sp³-hybridized carbons (Fsp3) is 0.875. The fourth-order valence-corrected chi connectivity index (χ4v) is 0.620. The lowest BCUT2D eigenvalue weighted by atomic mass is 10.0. The maximum Gasteiger partial charge on any atom is 0.0863 e. The Morgan fingerprint density at radius 2 is 1.90 bits per heavy atom. The largest absolute Gasteiger partial charge is 0.296 e. The van der Waals surface area contributed by atoms with E-state index in [-0.39, 0.29) is 5.60 Å². The van der Waals surface area contributed by atoms with Crippen LogP contribution < -0.4 is 5.48 Å². The lowest BCUT2D eigenvalue weighted by molar-refractivity contribution is -0.0957. The summed E-state index contributed by atoms with van der Waals surface area (Å²) >= 11 is 0. The number of hydrogen-bond donors (Lipinski definition) is 1. The molecule has 0 saturated heterocycles. The van der Waals surface area contributed by atoms with Crippen LogP contribution in [0.5, 0.6) is 0 Å². The minimum atomic E-state index is -0.0162. The van der Waals surface area contributed by atoms with E-state index in [9.17, 15) is 0 Å². The molecule has 2 nitrogen and oxygen atoms in total. The molecule has 0 unspecified atom stereocenters. The Bertz CT molecular complexity index is 79.3. The van der Waals surface area contributed by atoms with E-state index >= 15 is 0 Å². The lowest BCUT2D eigenvalue weighted by Crippen LogP contribution is -2.33. The van der Waals surface area contributed by atoms with Crippen LogP contribution in [0.3, 0.4) is 0 Å². The zero-order chi connectivity index (χ0) is 8.04. The first-order valence-electron chi connectivity index (χ1n) is 3.88. The highest BCUT2D eigenvalue weighted by Gasteiger charge is 2.19. The molecule has 0 rings (SSSR count). The number of nitrogens with one attached hydrogen (secondary N) is 1. The molecule has 0 aromatic heterocycles. The predicted molar refractivity (Wildman–Crippen MR) is 43.4 cm³/mol. The van der Waals surface area contributed by atoms with E-state index in [0.29, 0.717) is 6.54 Å².